The van der Waals surface area contributed by atoms with Crippen molar-refractivity contribution < 1.29 is 14.3 Å². The van der Waals surface area contributed by atoms with E-state index in [2.05, 4.69) is 37.9 Å². The monoisotopic (exact) mass is 293 g/mol. The Morgan fingerprint density at radius 3 is 2.38 bits per heavy atom. The Labute approximate surface area is 128 Å². The molecule has 21 heavy (non-hydrogen) atoms. The summed E-state index contributed by atoms with van der Waals surface area (Å²) in [5.41, 5.74) is 3.59. The molecule has 0 aliphatic carbocycles. The summed E-state index contributed by atoms with van der Waals surface area (Å²) in [6.07, 6.45) is 1.31. The van der Waals surface area contributed by atoms with Crippen LogP contribution in [0.3, 0.4) is 0 Å². The summed E-state index contributed by atoms with van der Waals surface area (Å²) in [7, 11) is 3.77. The fraction of sp³-hybridized carbons (Fsp3) is 0.588. The highest BCUT2D eigenvalue weighted by Gasteiger charge is 2.08. The van der Waals surface area contributed by atoms with E-state index in [-0.39, 0.29) is 5.97 Å². The van der Waals surface area contributed by atoms with Crippen molar-refractivity contribution in [2.75, 3.05) is 27.3 Å². The van der Waals surface area contributed by atoms with Crippen molar-refractivity contribution in [3.05, 3.63) is 28.8 Å². The summed E-state index contributed by atoms with van der Waals surface area (Å²) < 4.78 is 10.3. The first-order chi connectivity index (χ1) is 9.97. The number of ether oxygens (including phenoxy) is 2. The van der Waals surface area contributed by atoms with Crippen LogP contribution in [0.15, 0.2) is 12.1 Å². The van der Waals surface area contributed by atoms with E-state index >= 15 is 0 Å². The van der Waals surface area contributed by atoms with Gasteiger partial charge in [0.1, 0.15) is 5.75 Å². The number of aryl methyl sites for hydroxylation is 2. The number of carbonyl (C=O) groups is 1. The smallest absolute Gasteiger partial charge is 0.305 e. The first-order valence-corrected chi connectivity index (χ1v) is 7.46. The third kappa shape index (κ3) is 5.76. The Kier molecular flexibility index (Phi) is 7.23. The van der Waals surface area contributed by atoms with Crippen molar-refractivity contribution in [3.8, 4) is 5.75 Å². The van der Waals surface area contributed by atoms with Crippen LogP contribution < -0.4 is 4.74 Å². The predicted octanol–water partition coefficient (Wildman–Crippen LogP) is 3.09. The van der Waals surface area contributed by atoms with Crippen LogP contribution in [0, 0.1) is 13.8 Å². The van der Waals surface area contributed by atoms with Gasteiger partial charge in [0, 0.05) is 13.0 Å². The van der Waals surface area contributed by atoms with Crippen molar-refractivity contribution in [1.29, 1.82) is 0 Å². The van der Waals surface area contributed by atoms with E-state index in [1.54, 1.807) is 7.11 Å². The quantitative estimate of drug-likeness (QED) is 0.690. The third-order valence-corrected chi connectivity index (χ3v) is 3.40. The van der Waals surface area contributed by atoms with Gasteiger partial charge in [-0.25, -0.2) is 0 Å². The Morgan fingerprint density at radius 2 is 1.86 bits per heavy atom. The zero-order valence-electron chi connectivity index (χ0n) is 13.9. The maximum Gasteiger partial charge on any atom is 0.305 e. The molecule has 0 spiro atoms. The van der Waals surface area contributed by atoms with Gasteiger partial charge in [-0.3, -0.25) is 4.79 Å². The molecule has 0 atom stereocenters. The molecule has 1 aromatic carbocycles. The van der Waals surface area contributed by atoms with E-state index < -0.39 is 0 Å². The molecule has 0 unspecified atom stereocenters. The van der Waals surface area contributed by atoms with Crippen LogP contribution in [0.4, 0.5) is 0 Å². The fourth-order valence-corrected chi connectivity index (χ4v) is 2.57. The summed E-state index contributed by atoms with van der Waals surface area (Å²) in [4.78, 5) is 13.5. The minimum atomic E-state index is -0.109. The minimum absolute atomic E-state index is 0.109. The normalized spacial score (nSPS) is 10.8. The number of methoxy groups -OCH3 is 1. The number of esters is 1. The molecular formula is C17H27NO3. The van der Waals surface area contributed by atoms with Crippen LogP contribution in [-0.4, -0.2) is 38.2 Å². The number of carbonyl (C=O) groups excluding carboxylic acids is 1. The van der Waals surface area contributed by atoms with E-state index in [0.717, 1.165) is 36.4 Å². The van der Waals surface area contributed by atoms with Crippen molar-refractivity contribution >= 4 is 5.97 Å². The summed E-state index contributed by atoms with van der Waals surface area (Å²) in [5.74, 6) is 0.853. The maximum atomic E-state index is 11.3. The summed E-state index contributed by atoms with van der Waals surface area (Å²) in [6.45, 7) is 8.17. The second-order valence-electron chi connectivity index (χ2n) is 5.41. The molecule has 0 heterocycles. The van der Waals surface area contributed by atoms with E-state index in [0.29, 0.717) is 13.0 Å². The first kappa shape index (κ1) is 17.5. The fourth-order valence-electron chi connectivity index (χ4n) is 2.57. The third-order valence-electron chi connectivity index (χ3n) is 3.40. The molecule has 0 aliphatic rings. The lowest BCUT2D eigenvalue weighted by molar-refractivity contribution is -0.143. The highest BCUT2D eigenvalue weighted by Crippen LogP contribution is 2.24. The molecule has 0 saturated carbocycles. The van der Waals surface area contributed by atoms with Gasteiger partial charge in [0.05, 0.1) is 13.7 Å². The van der Waals surface area contributed by atoms with Gasteiger partial charge in [-0.1, -0.05) is 12.1 Å². The van der Waals surface area contributed by atoms with Crippen molar-refractivity contribution in [1.82, 2.24) is 4.90 Å². The Bertz CT molecular complexity index is 448. The van der Waals surface area contributed by atoms with Crippen LogP contribution in [0.25, 0.3) is 0 Å². The number of hydrogen-bond acceptors (Lipinski definition) is 4. The van der Waals surface area contributed by atoms with E-state index in [1.807, 2.05) is 6.92 Å². The van der Waals surface area contributed by atoms with Gasteiger partial charge in [0.15, 0.2) is 0 Å². The molecule has 0 aliphatic heterocycles. The lowest BCUT2D eigenvalue weighted by Gasteiger charge is -2.18. The van der Waals surface area contributed by atoms with Crippen LogP contribution in [0.5, 0.6) is 5.75 Å². The maximum absolute atomic E-state index is 11.3. The zero-order chi connectivity index (χ0) is 15.8. The molecule has 0 fully saturated rings. The molecule has 1 aromatic rings. The zero-order valence-corrected chi connectivity index (χ0v) is 13.9. The van der Waals surface area contributed by atoms with E-state index in [9.17, 15) is 4.79 Å². The summed E-state index contributed by atoms with van der Waals surface area (Å²) in [5, 5.41) is 0. The topological polar surface area (TPSA) is 38.8 Å². The largest absolute Gasteiger partial charge is 0.496 e. The molecule has 4 heteroatoms. The molecule has 0 bridgehead atoms. The second kappa shape index (κ2) is 8.67. The first-order valence-electron chi connectivity index (χ1n) is 7.46. The average Bonchev–Trinajstić information content (AvgIpc) is 2.38. The van der Waals surface area contributed by atoms with Crippen LogP contribution >= 0.6 is 0 Å². The van der Waals surface area contributed by atoms with Gasteiger partial charge >= 0.3 is 5.97 Å². The van der Waals surface area contributed by atoms with E-state index in [1.165, 1.54) is 5.56 Å². The summed E-state index contributed by atoms with van der Waals surface area (Å²) in [6, 6.07) is 4.32. The molecule has 0 N–H and O–H groups in total. The van der Waals surface area contributed by atoms with Crippen LogP contribution in [-0.2, 0) is 16.1 Å². The highest BCUT2D eigenvalue weighted by atomic mass is 16.5. The molecule has 0 saturated heterocycles. The van der Waals surface area contributed by atoms with Crippen LogP contribution in [0.1, 0.15) is 36.5 Å². The van der Waals surface area contributed by atoms with Crippen molar-refractivity contribution in [2.24, 2.45) is 0 Å². The van der Waals surface area contributed by atoms with Gasteiger partial charge < -0.3 is 14.4 Å². The summed E-state index contributed by atoms with van der Waals surface area (Å²) >= 11 is 0. The Balaban J connectivity index is 2.48. The molecular weight excluding hydrogens is 266 g/mol. The molecule has 0 radical (unpaired) electrons. The second-order valence-corrected chi connectivity index (χ2v) is 5.41. The van der Waals surface area contributed by atoms with Gasteiger partial charge in [0.25, 0.3) is 0 Å². The van der Waals surface area contributed by atoms with Crippen molar-refractivity contribution in [3.63, 3.8) is 0 Å². The van der Waals surface area contributed by atoms with Gasteiger partial charge in [-0.15, -0.1) is 0 Å². The van der Waals surface area contributed by atoms with Gasteiger partial charge in [0.2, 0.25) is 0 Å². The molecule has 4 nitrogen and oxygen atoms in total. The molecule has 1 rings (SSSR count). The average molecular weight is 293 g/mol. The molecule has 118 valence electrons. The van der Waals surface area contributed by atoms with Crippen LogP contribution in [0.2, 0.25) is 0 Å². The SMILES string of the molecule is CCOC(=O)CCCN(C)Cc1cc(C)c(OC)c(C)c1. The molecule has 0 amide bonds. The molecule has 0 aromatic heterocycles. The van der Waals surface area contributed by atoms with Gasteiger partial charge in [-0.05, 0) is 57.5 Å². The number of benzene rings is 1. The van der Waals surface area contributed by atoms with Crippen molar-refractivity contribution in [2.45, 2.75) is 40.2 Å². The Hall–Kier alpha value is -1.55. The number of nitrogens with zero attached hydrogens (tertiary/aromatic N) is 1. The Morgan fingerprint density at radius 1 is 1.24 bits per heavy atom. The minimum Gasteiger partial charge on any atom is -0.496 e. The van der Waals surface area contributed by atoms with Gasteiger partial charge in [-0.2, -0.15) is 0 Å². The van der Waals surface area contributed by atoms with E-state index in [4.69, 9.17) is 9.47 Å². The lowest BCUT2D eigenvalue weighted by Crippen LogP contribution is -2.20. The predicted molar refractivity (Wildman–Crippen MR) is 84.7 cm³/mol. The number of hydrogen-bond donors (Lipinski definition) is 0. The lowest BCUT2D eigenvalue weighted by atomic mass is 10.1. The highest BCUT2D eigenvalue weighted by molar-refractivity contribution is 5.69. The standard InChI is InChI=1S/C17H27NO3/c1-6-21-16(19)8-7-9-18(4)12-15-10-13(2)17(20-5)14(3)11-15/h10-11H,6-9,12H2,1-5H3. The number of rotatable bonds is 8.